The van der Waals surface area contributed by atoms with Gasteiger partial charge in [-0.2, -0.15) is 0 Å². The molecule has 0 bridgehead atoms. The second-order valence-corrected chi connectivity index (χ2v) is 5.72. The van der Waals surface area contributed by atoms with Crippen molar-refractivity contribution in [3.8, 4) is 0 Å². The summed E-state index contributed by atoms with van der Waals surface area (Å²) < 4.78 is 26.1. The van der Waals surface area contributed by atoms with Gasteiger partial charge in [0.05, 0.1) is 5.25 Å². The van der Waals surface area contributed by atoms with Crippen LogP contribution in [0.4, 0.5) is 14.5 Å². The lowest BCUT2D eigenvalue weighted by Crippen LogP contribution is -2.24. The van der Waals surface area contributed by atoms with Gasteiger partial charge < -0.3 is 5.32 Å². The molecule has 1 amide bonds. The molecule has 21 heavy (non-hydrogen) atoms. The smallest absolute Gasteiger partial charge is 0.237 e. The van der Waals surface area contributed by atoms with E-state index in [1.54, 1.807) is 12.1 Å². The van der Waals surface area contributed by atoms with Gasteiger partial charge in [-0.1, -0.05) is 25.1 Å². The molecule has 1 unspecified atom stereocenters. The van der Waals surface area contributed by atoms with Crippen LogP contribution in [0, 0.1) is 11.6 Å². The van der Waals surface area contributed by atoms with Gasteiger partial charge >= 0.3 is 0 Å². The molecule has 0 fully saturated rings. The Hall–Kier alpha value is -1.88. The normalized spacial score (nSPS) is 12.0. The second kappa shape index (κ2) is 7.22. The Bertz CT molecular complexity index is 619. The predicted molar refractivity (Wildman–Crippen MR) is 81.4 cm³/mol. The van der Waals surface area contributed by atoms with Crippen molar-refractivity contribution in [2.24, 2.45) is 0 Å². The Labute approximate surface area is 126 Å². The number of hydrogen-bond acceptors (Lipinski definition) is 2. The van der Waals surface area contributed by atoms with E-state index in [-0.39, 0.29) is 11.2 Å². The third kappa shape index (κ3) is 4.29. The van der Waals surface area contributed by atoms with Crippen molar-refractivity contribution in [3.63, 3.8) is 0 Å². The molecule has 2 aromatic rings. The second-order valence-electron chi connectivity index (χ2n) is 4.45. The maximum Gasteiger partial charge on any atom is 0.237 e. The fourth-order valence-electron chi connectivity index (χ4n) is 1.78. The van der Waals surface area contributed by atoms with Crippen molar-refractivity contribution >= 4 is 23.4 Å². The highest BCUT2D eigenvalue weighted by Crippen LogP contribution is 2.27. The van der Waals surface area contributed by atoms with E-state index in [1.165, 1.54) is 17.8 Å². The lowest BCUT2D eigenvalue weighted by molar-refractivity contribution is -0.115. The van der Waals surface area contributed by atoms with Crippen molar-refractivity contribution in [1.29, 1.82) is 0 Å². The largest absolute Gasteiger partial charge is 0.325 e. The van der Waals surface area contributed by atoms with Crippen LogP contribution in [0.15, 0.2) is 53.4 Å². The molecular weight excluding hydrogens is 292 g/mol. The zero-order chi connectivity index (χ0) is 15.2. The van der Waals surface area contributed by atoms with Crippen LogP contribution < -0.4 is 5.32 Å². The number of carbonyl (C=O) groups excluding carboxylic acids is 1. The van der Waals surface area contributed by atoms with Gasteiger partial charge in [-0.25, -0.2) is 8.78 Å². The Kier molecular flexibility index (Phi) is 5.33. The molecule has 5 heteroatoms. The highest BCUT2D eigenvalue weighted by molar-refractivity contribution is 8.00. The quantitative estimate of drug-likeness (QED) is 0.826. The standard InChI is InChI=1S/C16H15F2NOS/c1-2-15(16(20)19-11-6-4-3-5-7-11)21-12-8-9-13(17)14(18)10-12/h3-10,15H,2H2,1H3,(H,19,20). The van der Waals surface area contributed by atoms with Gasteiger partial charge in [0.25, 0.3) is 0 Å². The molecule has 1 atom stereocenters. The lowest BCUT2D eigenvalue weighted by Gasteiger charge is -2.14. The van der Waals surface area contributed by atoms with Crippen molar-refractivity contribution in [1.82, 2.24) is 0 Å². The van der Waals surface area contributed by atoms with Crippen molar-refractivity contribution < 1.29 is 13.6 Å². The number of thioether (sulfide) groups is 1. The molecular formula is C16H15F2NOS. The van der Waals surface area contributed by atoms with E-state index in [1.807, 2.05) is 25.1 Å². The number of nitrogens with one attached hydrogen (secondary N) is 1. The first-order valence-electron chi connectivity index (χ1n) is 6.57. The summed E-state index contributed by atoms with van der Waals surface area (Å²) >= 11 is 1.22. The number of amides is 1. The number of hydrogen-bond donors (Lipinski definition) is 1. The van der Waals surface area contributed by atoms with Crippen LogP contribution in [0.1, 0.15) is 13.3 Å². The topological polar surface area (TPSA) is 29.1 Å². The Balaban J connectivity index is 2.05. The van der Waals surface area contributed by atoms with Gasteiger partial charge in [0, 0.05) is 10.6 Å². The maximum atomic E-state index is 13.2. The van der Waals surface area contributed by atoms with E-state index in [9.17, 15) is 13.6 Å². The number of carbonyl (C=O) groups is 1. The Morgan fingerprint density at radius 3 is 2.48 bits per heavy atom. The van der Waals surface area contributed by atoms with Crippen LogP contribution in [0.25, 0.3) is 0 Å². The summed E-state index contributed by atoms with van der Waals surface area (Å²) in [6, 6.07) is 12.8. The average molecular weight is 307 g/mol. The predicted octanol–water partition coefficient (Wildman–Crippen LogP) is 4.47. The highest BCUT2D eigenvalue weighted by Gasteiger charge is 2.18. The summed E-state index contributed by atoms with van der Waals surface area (Å²) in [6.45, 7) is 1.88. The van der Waals surface area contributed by atoms with E-state index in [0.29, 0.717) is 17.0 Å². The van der Waals surface area contributed by atoms with Gasteiger partial charge in [0.15, 0.2) is 11.6 Å². The lowest BCUT2D eigenvalue weighted by atomic mass is 10.3. The molecule has 2 aromatic carbocycles. The number of anilines is 1. The van der Waals surface area contributed by atoms with Crippen molar-refractivity contribution in [2.45, 2.75) is 23.5 Å². The van der Waals surface area contributed by atoms with E-state index in [0.717, 1.165) is 12.1 Å². The summed E-state index contributed by atoms with van der Waals surface area (Å²) in [7, 11) is 0. The first kappa shape index (κ1) is 15.5. The molecule has 0 saturated carbocycles. The summed E-state index contributed by atoms with van der Waals surface area (Å²) in [5, 5.41) is 2.45. The minimum atomic E-state index is -0.904. The SMILES string of the molecule is CCC(Sc1ccc(F)c(F)c1)C(=O)Nc1ccccc1. The summed E-state index contributed by atoms with van der Waals surface area (Å²) in [4.78, 5) is 12.7. The van der Waals surface area contributed by atoms with Crippen LogP contribution in [0.3, 0.4) is 0 Å². The van der Waals surface area contributed by atoms with E-state index < -0.39 is 11.6 Å². The minimum Gasteiger partial charge on any atom is -0.325 e. The number of halogens is 2. The Morgan fingerprint density at radius 2 is 1.86 bits per heavy atom. The molecule has 0 aliphatic heterocycles. The molecule has 0 aliphatic rings. The van der Waals surface area contributed by atoms with Crippen LogP contribution >= 0.6 is 11.8 Å². The van der Waals surface area contributed by atoms with Crippen LogP contribution in [0.5, 0.6) is 0 Å². The van der Waals surface area contributed by atoms with E-state index in [2.05, 4.69) is 5.32 Å². The Morgan fingerprint density at radius 1 is 1.14 bits per heavy atom. The molecule has 0 spiro atoms. The van der Waals surface area contributed by atoms with Gasteiger partial charge in [0.2, 0.25) is 5.91 Å². The molecule has 0 aliphatic carbocycles. The van der Waals surface area contributed by atoms with Crippen LogP contribution in [-0.4, -0.2) is 11.2 Å². The van der Waals surface area contributed by atoms with E-state index >= 15 is 0 Å². The molecule has 2 rings (SSSR count). The zero-order valence-electron chi connectivity index (χ0n) is 11.5. The van der Waals surface area contributed by atoms with Gasteiger partial charge in [-0.15, -0.1) is 11.8 Å². The molecule has 0 heterocycles. The third-order valence-corrected chi connectivity index (χ3v) is 4.23. The fourth-order valence-corrected chi connectivity index (χ4v) is 2.76. The van der Waals surface area contributed by atoms with Gasteiger partial charge in [-0.3, -0.25) is 4.79 Å². The minimum absolute atomic E-state index is 0.154. The molecule has 110 valence electrons. The summed E-state index contributed by atoms with van der Waals surface area (Å²) in [6.07, 6.45) is 0.586. The summed E-state index contributed by atoms with van der Waals surface area (Å²) in [5.41, 5.74) is 0.715. The fraction of sp³-hybridized carbons (Fsp3) is 0.188. The van der Waals surface area contributed by atoms with Gasteiger partial charge in [-0.05, 0) is 36.8 Å². The monoisotopic (exact) mass is 307 g/mol. The molecule has 2 nitrogen and oxygen atoms in total. The number of para-hydroxylation sites is 1. The number of rotatable bonds is 5. The highest BCUT2D eigenvalue weighted by atomic mass is 32.2. The zero-order valence-corrected chi connectivity index (χ0v) is 12.3. The maximum absolute atomic E-state index is 13.2. The van der Waals surface area contributed by atoms with E-state index in [4.69, 9.17) is 0 Å². The van der Waals surface area contributed by atoms with Crippen LogP contribution in [0.2, 0.25) is 0 Å². The van der Waals surface area contributed by atoms with Gasteiger partial charge in [0.1, 0.15) is 0 Å². The molecule has 1 N–H and O–H groups in total. The number of benzene rings is 2. The van der Waals surface area contributed by atoms with Crippen LogP contribution in [-0.2, 0) is 4.79 Å². The average Bonchev–Trinajstić information content (AvgIpc) is 2.49. The van der Waals surface area contributed by atoms with Crippen molar-refractivity contribution in [3.05, 3.63) is 60.2 Å². The molecule has 0 aromatic heterocycles. The molecule has 0 radical (unpaired) electrons. The van der Waals surface area contributed by atoms with Crippen molar-refractivity contribution in [2.75, 3.05) is 5.32 Å². The third-order valence-electron chi connectivity index (χ3n) is 2.87. The molecule has 0 saturated heterocycles. The first-order valence-corrected chi connectivity index (χ1v) is 7.45. The summed E-state index contributed by atoms with van der Waals surface area (Å²) in [5.74, 6) is -1.95. The first-order chi connectivity index (χ1) is 10.1.